The number of hydrogen-bond acceptors (Lipinski definition) is 7. The third kappa shape index (κ3) is 3.01. The Hall–Kier alpha value is -4.46. The molecule has 0 amide bonds. The Balaban J connectivity index is 1.49. The molecule has 8 heteroatoms. The molecule has 5 aromatic rings. The summed E-state index contributed by atoms with van der Waals surface area (Å²) in [5.41, 5.74) is 12.5. The lowest BCUT2D eigenvalue weighted by atomic mass is 9.99. The molecule has 154 valence electrons. The zero-order valence-corrected chi connectivity index (χ0v) is 17.2. The second-order valence-electron chi connectivity index (χ2n) is 7.62. The third-order valence-electron chi connectivity index (χ3n) is 5.63. The molecule has 0 saturated carbocycles. The summed E-state index contributed by atoms with van der Waals surface area (Å²) in [4.78, 5) is 25.7. The van der Waals surface area contributed by atoms with Crippen molar-refractivity contribution in [1.29, 1.82) is 0 Å². The summed E-state index contributed by atoms with van der Waals surface area (Å²) in [5.74, 6) is 0.678. The number of nitrogens with one attached hydrogen (secondary N) is 2. The summed E-state index contributed by atoms with van der Waals surface area (Å²) >= 11 is 0. The first-order valence-corrected chi connectivity index (χ1v) is 10.2. The lowest BCUT2D eigenvalue weighted by Gasteiger charge is -2.17. The van der Waals surface area contributed by atoms with E-state index in [9.17, 15) is 0 Å². The highest BCUT2D eigenvalue weighted by molar-refractivity contribution is 6.13. The standard InChI is InChI=1S/C24H18N8/c1-14-2-5-26-11-18(14)20-8-17-16(9-28-20)10-29-32-23(17)24-30-21-13-27-12-19(22(21)31-24)15-3-6-25-7-4-15/h2-9,11-13,29H,10H2,1H3,(H,30,31). The van der Waals surface area contributed by atoms with E-state index in [1.54, 1.807) is 24.8 Å². The minimum atomic E-state index is 0.613. The Morgan fingerprint density at radius 1 is 0.844 bits per heavy atom. The summed E-state index contributed by atoms with van der Waals surface area (Å²) in [6.07, 6.45) is 12.7. The molecular weight excluding hydrogens is 400 g/mol. The van der Waals surface area contributed by atoms with Crippen LogP contribution in [0, 0.1) is 6.92 Å². The molecule has 6 heterocycles. The van der Waals surface area contributed by atoms with Crippen LogP contribution in [0.3, 0.4) is 0 Å². The van der Waals surface area contributed by atoms with Crippen molar-refractivity contribution in [2.24, 2.45) is 5.10 Å². The average Bonchev–Trinajstić information content (AvgIpc) is 3.28. The highest BCUT2D eigenvalue weighted by Gasteiger charge is 2.22. The van der Waals surface area contributed by atoms with Gasteiger partial charge in [-0.15, -0.1) is 0 Å². The van der Waals surface area contributed by atoms with E-state index in [0.29, 0.717) is 12.4 Å². The Morgan fingerprint density at radius 2 is 1.69 bits per heavy atom. The van der Waals surface area contributed by atoms with Gasteiger partial charge in [-0.2, -0.15) is 5.10 Å². The van der Waals surface area contributed by atoms with Gasteiger partial charge in [0, 0.05) is 59.4 Å². The molecule has 8 nitrogen and oxygen atoms in total. The highest BCUT2D eigenvalue weighted by Crippen LogP contribution is 2.28. The average molecular weight is 418 g/mol. The molecule has 6 rings (SSSR count). The fourth-order valence-corrected chi connectivity index (χ4v) is 3.96. The van der Waals surface area contributed by atoms with Crippen LogP contribution >= 0.6 is 0 Å². The molecule has 2 N–H and O–H groups in total. The minimum Gasteiger partial charge on any atom is -0.335 e. The lowest BCUT2D eigenvalue weighted by Crippen LogP contribution is -2.22. The van der Waals surface area contributed by atoms with Gasteiger partial charge < -0.3 is 10.4 Å². The van der Waals surface area contributed by atoms with Crippen molar-refractivity contribution in [3.8, 4) is 22.4 Å². The Morgan fingerprint density at radius 3 is 2.56 bits per heavy atom. The number of hydrazone groups is 1. The first kappa shape index (κ1) is 18.3. The molecule has 0 aliphatic carbocycles. The van der Waals surface area contributed by atoms with Crippen LogP contribution in [0.5, 0.6) is 0 Å². The quantitative estimate of drug-likeness (QED) is 0.464. The fourth-order valence-electron chi connectivity index (χ4n) is 3.96. The molecule has 0 aromatic carbocycles. The van der Waals surface area contributed by atoms with Crippen LogP contribution in [-0.4, -0.2) is 35.6 Å². The number of aryl methyl sites for hydroxylation is 1. The maximum Gasteiger partial charge on any atom is 0.159 e. The largest absolute Gasteiger partial charge is 0.335 e. The Kier molecular flexibility index (Phi) is 4.21. The number of rotatable bonds is 3. The minimum absolute atomic E-state index is 0.613. The van der Waals surface area contributed by atoms with Gasteiger partial charge in [0.2, 0.25) is 0 Å². The van der Waals surface area contributed by atoms with E-state index in [4.69, 9.17) is 4.98 Å². The normalized spacial score (nSPS) is 12.8. The van der Waals surface area contributed by atoms with Crippen LogP contribution in [0.1, 0.15) is 22.5 Å². The number of aromatic amines is 1. The lowest BCUT2D eigenvalue weighted by molar-refractivity contribution is 0.725. The first-order valence-electron chi connectivity index (χ1n) is 10.2. The van der Waals surface area contributed by atoms with Gasteiger partial charge in [-0.1, -0.05) is 0 Å². The van der Waals surface area contributed by atoms with Crippen LogP contribution < -0.4 is 5.43 Å². The van der Waals surface area contributed by atoms with Crippen molar-refractivity contribution >= 4 is 16.7 Å². The van der Waals surface area contributed by atoms with Crippen molar-refractivity contribution in [2.45, 2.75) is 13.5 Å². The topological polar surface area (TPSA) is 105 Å². The van der Waals surface area contributed by atoms with E-state index in [0.717, 1.165) is 55.8 Å². The summed E-state index contributed by atoms with van der Waals surface area (Å²) in [5, 5.41) is 4.60. The molecule has 0 saturated heterocycles. The van der Waals surface area contributed by atoms with E-state index in [2.05, 4.69) is 48.4 Å². The predicted molar refractivity (Wildman–Crippen MR) is 122 cm³/mol. The zero-order valence-electron chi connectivity index (χ0n) is 17.2. The van der Waals surface area contributed by atoms with E-state index in [1.165, 1.54) is 0 Å². The molecule has 5 aromatic heterocycles. The van der Waals surface area contributed by atoms with Crippen LogP contribution in [0.2, 0.25) is 0 Å². The smallest absolute Gasteiger partial charge is 0.159 e. The number of fused-ring (bicyclic) bond motifs is 2. The summed E-state index contributed by atoms with van der Waals surface area (Å²) in [7, 11) is 0. The summed E-state index contributed by atoms with van der Waals surface area (Å²) < 4.78 is 0. The van der Waals surface area contributed by atoms with Gasteiger partial charge in [0.15, 0.2) is 5.82 Å². The maximum absolute atomic E-state index is 4.91. The van der Waals surface area contributed by atoms with E-state index in [1.807, 2.05) is 36.8 Å². The van der Waals surface area contributed by atoms with Gasteiger partial charge in [-0.3, -0.25) is 19.9 Å². The number of aromatic nitrogens is 6. The number of pyridine rings is 4. The number of imidazole rings is 1. The van der Waals surface area contributed by atoms with Crippen molar-refractivity contribution in [3.05, 3.63) is 90.2 Å². The van der Waals surface area contributed by atoms with Gasteiger partial charge in [0.05, 0.1) is 29.5 Å². The van der Waals surface area contributed by atoms with Crippen LogP contribution in [-0.2, 0) is 6.54 Å². The molecular formula is C24H18N8. The second kappa shape index (κ2) is 7.35. The summed E-state index contributed by atoms with van der Waals surface area (Å²) in [6.45, 7) is 2.67. The molecule has 32 heavy (non-hydrogen) atoms. The molecule has 0 bridgehead atoms. The zero-order chi connectivity index (χ0) is 21.5. The SMILES string of the molecule is Cc1ccncc1-c1cc2c(cn1)CNN=C2c1nc2c(-c3ccncc3)cncc2[nH]1. The molecule has 0 atom stereocenters. The summed E-state index contributed by atoms with van der Waals surface area (Å²) in [6, 6.07) is 7.95. The Bertz CT molecular complexity index is 1490. The molecule has 0 unspecified atom stereocenters. The fraction of sp³-hybridized carbons (Fsp3) is 0.0833. The number of nitrogens with zero attached hydrogens (tertiary/aromatic N) is 6. The molecule has 0 radical (unpaired) electrons. The molecule has 0 spiro atoms. The monoisotopic (exact) mass is 418 g/mol. The van der Waals surface area contributed by atoms with Gasteiger partial charge in [0.25, 0.3) is 0 Å². The molecule has 1 aliphatic rings. The Labute approximate surface area is 183 Å². The first-order chi connectivity index (χ1) is 15.8. The van der Waals surface area contributed by atoms with Gasteiger partial charge in [0.1, 0.15) is 5.71 Å². The second-order valence-corrected chi connectivity index (χ2v) is 7.62. The molecule has 0 fully saturated rings. The van der Waals surface area contributed by atoms with E-state index in [-0.39, 0.29) is 0 Å². The number of hydrogen-bond donors (Lipinski definition) is 2. The van der Waals surface area contributed by atoms with Crippen molar-refractivity contribution < 1.29 is 0 Å². The van der Waals surface area contributed by atoms with Crippen molar-refractivity contribution in [2.75, 3.05) is 0 Å². The van der Waals surface area contributed by atoms with Gasteiger partial charge >= 0.3 is 0 Å². The van der Waals surface area contributed by atoms with Crippen molar-refractivity contribution in [1.82, 2.24) is 35.3 Å². The van der Waals surface area contributed by atoms with E-state index < -0.39 is 0 Å². The highest BCUT2D eigenvalue weighted by atomic mass is 15.3. The van der Waals surface area contributed by atoms with Crippen molar-refractivity contribution in [3.63, 3.8) is 0 Å². The van der Waals surface area contributed by atoms with Crippen LogP contribution in [0.4, 0.5) is 0 Å². The maximum atomic E-state index is 4.91. The molecule has 1 aliphatic heterocycles. The number of H-pyrrole nitrogens is 1. The van der Waals surface area contributed by atoms with E-state index >= 15 is 0 Å². The third-order valence-corrected chi connectivity index (χ3v) is 5.63. The van der Waals surface area contributed by atoms with Gasteiger partial charge in [-0.05, 0) is 42.3 Å². The van der Waals surface area contributed by atoms with Crippen LogP contribution in [0.25, 0.3) is 33.4 Å². The van der Waals surface area contributed by atoms with Crippen LogP contribution in [0.15, 0.2) is 72.7 Å². The predicted octanol–water partition coefficient (Wildman–Crippen LogP) is 3.64. The van der Waals surface area contributed by atoms with Gasteiger partial charge in [-0.25, -0.2) is 4.98 Å².